The van der Waals surface area contributed by atoms with E-state index in [1.165, 1.54) is 0 Å². The van der Waals surface area contributed by atoms with Crippen molar-refractivity contribution < 1.29 is 9.59 Å². The van der Waals surface area contributed by atoms with E-state index in [4.69, 9.17) is 17.2 Å². The van der Waals surface area contributed by atoms with Crippen LogP contribution in [0.1, 0.15) is 31.3 Å². The molecule has 0 unspecified atom stereocenters. The van der Waals surface area contributed by atoms with Crippen molar-refractivity contribution in [3.63, 3.8) is 0 Å². The van der Waals surface area contributed by atoms with Crippen molar-refractivity contribution in [2.45, 2.75) is 13.5 Å². The van der Waals surface area contributed by atoms with Crippen LogP contribution < -0.4 is 22.5 Å². The minimum atomic E-state index is -0.707. The normalized spacial score (nSPS) is 10.6. The lowest BCUT2D eigenvalue weighted by atomic mass is 10.2. The molecule has 0 aliphatic carbocycles. The monoisotopic (exact) mass is 308 g/mol. The number of rotatable bonds is 5. The molecule has 0 radical (unpaired) electrons. The fraction of sp³-hybridized carbons (Fsp3) is 0.250. The smallest absolute Gasteiger partial charge is 0.260 e. The van der Waals surface area contributed by atoms with Gasteiger partial charge in [0.15, 0.2) is 0 Å². The van der Waals surface area contributed by atoms with Crippen molar-refractivity contribution in [2.75, 3.05) is 11.1 Å². The Balaban J connectivity index is 2.31. The van der Waals surface area contributed by atoms with Gasteiger partial charge in [-0.25, -0.2) is 0 Å². The van der Waals surface area contributed by atoms with E-state index in [0.29, 0.717) is 11.5 Å². The number of nitrogens with zero attached hydrogens (tertiary/aromatic N) is 2. The second-order valence-electron chi connectivity index (χ2n) is 4.54. The van der Waals surface area contributed by atoms with Crippen molar-refractivity contribution in [1.82, 2.24) is 9.78 Å². The molecule has 2 aromatic rings. The van der Waals surface area contributed by atoms with Crippen LogP contribution >= 0.6 is 11.3 Å². The highest BCUT2D eigenvalue weighted by Crippen LogP contribution is 2.35. The number of hydrogen-bond acceptors (Lipinski definition) is 6. The highest BCUT2D eigenvalue weighted by Gasteiger charge is 2.23. The van der Waals surface area contributed by atoms with Gasteiger partial charge in [0.2, 0.25) is 0 Å². The molecular weight excluding hydrogens is 292 g/mol. The van der Waals surface area contributed by atoms with Crippen LogP contribution in [0.5, 0.6) is 0 Å². The van der Waals surface area contributed by atoms with Crippen LogP contribution in [0.2, 0.25) is 0 Å². The summed E-state index contributed by atoms with van der Waals surface area (Å²) in [7, 11) is 1.82. The Morgan fingerprint density at radius 1 is 1.38 bits per heavy atom. The zero-order valence-corrected chi connectivity index (χ0v) is 12.5. The maximum absolute atomic E-state index is 11.5. The number of carbonyl (C=O) groups is 2. The summed E-state index contributed by atoms with van der Waals surface area (Å²) in [5.41, 5.74) is 18.2. The maximum atomic E-state index is 11.5. The van der Waals surface area contributed by atoms with E-state index in [0.717, 1.165) is 22.6 Å². The lowest BCUT2D eigenvalue weighted by Gasteiger charge is -2.05. The molecule has 2 aromatic heterocycles. The number of hydrogen-bond donors (Lipinski definition) is 4. The second-order valence-corrected chi connectivity index (χ2v) is 5.57. The number of carbonyl (C=O) groups excluding carboxylic acids is 2. The third-order valence-corrected chi connectivity index (χ3v) is 4.15. The third kappa shape index (κ3) is 2.82. The Labute approximate surface area is 124 Å². The van der Waals surface area contributed by atoms with Crippen LogP contribution in [-0.2, 0) is 13.6 Å². The van der Waals surface area contributed by atoms with Crippen LogP contribution in [0.15, 0.2) is 6.20 Å². The molecule has 2 heterocycles. The predicted molar refractivity (Wildman–Crippen MR) is 81.0 cm³/mol. The number of nitrogens with one attached hydrogen (secondary N) is 1. The van der Waals surface area contributed by atoms with Gasteiger partial charge in [0.1, 0.15) is 9.88 Å². The molecule has 0 spiro atoms. The molecular formula is C12H16N6O2S. The van der Waals surface area contributed by atoms with Gasteiger partial charge in [-0.2, -0.15) is 5.10 Å². The molecule has 0 saturated heterocycles. The van der Waals surface area contributed by atoms with Gasteiger partial charge in [0.05, 0.1) is 16.9 Å². The van der Waals surface area contributed by atoms with E-state index in [9.17, 15) is 9.59 Å². The molecule has 0 fully saturated rings. The van der Waals surface area contributed by atoms with E-state index < -0.39 is 11.8 Å². The number of nitrogens with two attached hydrogens (primary N) is 3. The quantitative estimate of drug-likeness (QED) is 0.623. The largest absolute Gasteiger partial charge is 0.397 e. The zero-order valence-electron chi connectivity index (χ0n) is 11.6. The minimum absolute atomic E-state index is 0.0189. The average Bonchev–Trinajstić information content (AvgIpc) is 2.86. The number of aromatic nitrogens is 2. The van der Waals surface area contributed by atoms with Crippen LogP contribution in [0, 0.1) is 6.92 Å². The van der Waals surface area contributed by atoms with Crippen LogP contribution in [0.4, 0.5) is 10.7 Å². The molecule has 2 rings (SSSR count). The van der Waals surface area contributed by atoms with Crippen molar-refractivity contribution in [3.05, 3.63) is 27.9 Å². The Kier molecular flexibility index (Phi) is 3.85. The lowest BCUT2D eigenvalue weighted by molar-refractivity contribution is 0.0999. The van der Waals surface area contributed by atoms with Crippen molar-refractivity contribution in [1.29, 1.82) is 0 Å². The summed E-state index contributed by atoms with van der Waals surface area (Å²) >= 11 is 1.02. The average molecular weight is 308 g/mol. The van der Waals surface area contributed by atoms with E-state index >= 15 is 0 Å². The lowest BCUT2D eigenvalue weighted by Crippen LogP contribution is -2.16. The molecule has 0 saturated carbocycles. The molecule has 0 atom stereocenters. The third-order valence-electron chi connectivity index (χ3n) is 2.97. The van der Waals surface area contributed by atoms with E-state index in [2.05, 4.69) is 10.4 Å². The first-order valence-electron chi connectivity index (χ1n) is 6.06. The highest BCUT2D eigenvalue weighted by molar-refractivity contribution is 7.19. The van der Waals surface area contributed by atoms with Crippen molar-refractivity contribution >= 4 is 33.8 Å². The summed E-state index contributed by atoms with van der Waals surface area (Å²) in [4.78, 5) is 22.9. The summed E-state index contributed by atoms with van der Waals surface area (Å²) in [6.45, 7) is 2.31. The van der Waals surface area contributed by atoms with Crippen LogP contribution in [0.3, 0.4) is 0 Å². The molecule has 0 aromatic carbocycles. The van der Waals surface area contributed by atoms with E-state index in [1.807, 2.05) is 20.2 Å². The van der Waals surface area contributed by atoms with Gasteiger partial charge in [-0.15, -0.1) is 11.3 Å². The van der Waals surface area contributed by atoms with E-state index in [1.54, 1.807) is 4.68 Å². The van der Waals surface area contributed by atoms with Gasteiger partial charge in [-0.3, -0.25) is 14.3 Å². The maximum Gasteiger partial charge on any atom is 0.260 e. The highest BCUT2D eigenvalue weighted by atomic mass is 32.1. The standard InChI is InChI=1S/C12H16N6O2S/c1-5-6(4-18(2)17-5)3-16-12-7(10(14)19)8(13)9(21-12)11(15)20/h4,16H,3,13H2,1-2H3,(H2,14,19)(H2,15,20). The van der Waals surface area contributed by atoms with Crippen molar-refractivity contribution in [2.24, 2.45) is 18.5 Å². The molecule has 7 N–H and O–H groups in total. The summed E-state index contributed by atoms with van der Waals surface area (Å²) in [5, 5.41) is 7.71. The number of thiophene rings is 1. The molecule has 9 heteroatoms. The minimum Gasteiger partial charge on any atom is -0.397 e. The Morgan fingerprint density at radius 3 is 2.52 bits per heavy atom. The topological polar surface area (TPSA) is 142 Å². The first-order chi connectivity index (χ1) is 9.81. The van der Waals surface area contributed by atoms with Crippen molar-refractivity contribution in [3.8, 4) is 0 Å². The fourth-order valence-corrected chi connectivity index (χ4v) is 2.97. The van der Waals surface area contributed by atoms with Crippen LogP contribution in [0.25, 0.3) is 0 Å². The molecule has 21 heavy (non-hydrogen) atoms. The molecule has 8 nitrogen and oxygen atoms in total. The van der Waals surface area contributed by atoms with Gasteiger partial charge in [0, 0.05) is 25.4 Å². The Bertz CT molecular complexity index is 718. The number of amides is 2. The van der Waals surface area contributed by atoms with Gasteiger partial charge >= 0.3 is 0 Å². The summed E-state index contributed by atoms with van der Waals surface area (Å²) < 4.78 is 1.69. The summed E-state index contributed by atoms with van der Waals surface area (Å²) in [5.74, 6) is -1.40. The fourth-order valence-electron chi connectivity index (χ4n) is 1.99. The van der Waals surface area contributed by atoms with Gasteiger partial charge in [0.25, 0.3) is 11.8 Å². The van der Waals surface area contributed by atoms with Gasteiger partial charge < -0.3 is 22.5 Å². The van der Waals surface area contributed by atoms with Crippen LogP contribution in [-0.4, -0.2) is 21.6 Å². The van der Waals surface area contributed by atoms with Gasteiger partial charge in [-0.1, -0.05) is 0 Å². The first kappa shape index (κ1) is 14.9. The molecule has 112 valence electrons. The number of nitrogen functional groups attached to an aromatic ring is 1. The molecule has 0 aliphatic heterocycles. The van der Waals surface area contributed by atoms with E-state index in [-0.39, 0.29) is 16.1 Å². The number of anilines is 2. The Morgan fingerprint density at radius 2 is 2.05 bits per heavy atom. The molecule has 0 bridgehead atoms. The SMILES string of the molecule is Cc1nn(C)cc1CNc1sc(C(N)=O)c(N)c1C(N)=O. The number of aryl methyl sites for hydroxylation is 2. The number of primary amides is 2. The molecule has 0 aliphatic rings. The van der Waals surface area contributed by atoms with Gasteiger partial charge in [-0.05, 0) is 6.92 Å². The second kappa shape index (κ2) is 5.44. The predicted octanol–water partition coefficient (Wildman–Crippen LogP) is 0.182. The molecule has 2 amide bonds. The zero-order chi connectivity index (χ0) is 15.7. The summed E-state index contributed by atoms with van der Waals surface area (Å²) in [6.07, 6.45) is 1.86. The summed E-state index contributed by atoms with van der Waals surface area (Å²) in [6, 6.07) is 0. The first-order valence-corrected chi connectivity index (χ1v) is 6.87. The Hall–Kier alpha value is -2.55.